The molecule has 2 N–H and O–H groups in total. The number of benzene rings is 1. The first-order chi connectivity index (χ1) is 8.60. The average Bonchev–Trinajstić information content (AvgIpc) is 2.38. The van der Waals surface area contributed by atoms with Gasteiger partial charge in [0.05, 0.1) is 6.42 Å². The molecule has 0 heterocycles. The maximum absolute atomic E-state index is 12.2. The van der Waals surface area contributed by atoms with Gasteiger partial charge in [-0.1, -0.05) is 37.6 Å². The van der Waals surface area contributed by atoms with Crippen LogP contribution in [0.2, 0.25) is 0 Å². The van der Waals surface area contributed by atoms with E-state index < -0.39 is 0 Å². The van der Waals surface area contributed by atoms with Crippen molar-refractivity contribution in [1.29, 1.82) is 0 Å². The second kappa shape index (κ2) is 7.17. The molecule has 0 saturated carbocycles. The van der Waals surface area contributed by atoms with E-state index in [1.54, 1.807) is 0 Å². The molecule has 1 rings (SSSR count). The molecule has 0 aliphatic heterocycles. The monoisotopic (exact) mass is 248 g/mol. The van der Waals surface area contributed by atoms with Crippen molar-refractivity contribution in [3.05, 3.63) is 35.4 Å². The van der Waals surface area contributed by atoms with Gasteiger partial charge in [0.25, 0.3) is 0 Å². The molecular formula is C15H24N2O. The molecule has 0 radical (unpaired) electrons. The molecule has 3 nitrogen and oxygen atoms in total. The smallest absolute Gasteiger partial charge is 0.226 e. The van der Waals surface area contributed by atoms with Gasteiger partial charge in [-0.2, -0.15) is 0 Å². The first-order valence-corrected chi connectivity index (χ1v) is 6.62. The lowest BCUT2D eigenvalue weighted by molar-refractivity contribution is -0.131. The minimum absolute atomic E-state index is 0.164. The minimum Gasteiger partial charge on any atom is -0.343 e. The van der Waals surface area contributed by atoms with Gasteiger partial charge in [-0.05, 0) is 24.5 Å². The van der Waals surface area contributed by atoms with Crippen LogP contribution in [0.3, 0.4) is 0 Å². The summed E-state index contributed by atoms with van der Waals surface area (Å²) in [5.74, 6) is 0.164. The van der Waals surface area contributed by atoms with Gasteiger partial charge in [0.15, 0.2) is 0 Å². The van der Waals surface area contributed by atoms with Crippen LogP contribution in [0.15, 0.2) is 24.3 Å². The fraction of sp³-hybridized carbons (Fsp3) is 0.533. The standard InChI is InChI=1S/C15H24N2O/c1-4-7-12(2)17(3)15(18)10-13-8-5-6-9-14(13)11-16/h5-6,8-9,12H,4,7,10-11,16H2,1-3H3. The Morgan fingerprint density at radius 2 is 1.94 bits per heavy atom. The third-order valence-corrected chi connectivity index (χ3v) is 3.44. The SMILES string of the molecule is CCCC(C)N(C)C(=O)Cc1ccccc1CN. The zero-order valence-corrected chi connectivity index (χ0v) is 11.6. The topological polar surface area (TPSA) is 46.3 Å². The Labute approximate surface area is 110 Å². The van der Waals surface area contributed by atoms with Crippen molar-refractivity contribution in [1.82, 2.24) is 4.90 Å². The van der Waals surface area contributed by atoms with Gasteiger partial charge in [0.1, 0.15) is 0 Å². The maximum atomic E-state index is 12.2. The van der Waals surface area contributed by atoms with Crippen LogP contribution in [-0.2, 0) is 17.8 Å². The van der Waals surface area contributed by atoms with E-state index in [-0.39, 0.29) is 5.91 Å². The van der Waals surface area contributed by atoms with Gasteiger partial charge in [-0.25, -0.2) is 0 Å². The normalized spacial score (nSPS) is 12.2. The molecule has 3 heteroatoms. The third-order valence-electron chi connectivity index (χ3n) is 3.44. The summed E-state index contributed by atoms with van der Waals surface area (Å²) in [7, 11) is 1.88. The lowest BCUT2D eigenvalue weighted by Crippen LogP contribution is -2.36. The molecule has 1 aromatic rings. The number of rotatable bonds is 6. The van der Waals surface area contributed by atoms with Crippen LogP contribution in [0.4, 0.5) is 0 Å². The summed E-state index contributed by atoms with van der Waals surface area (Å²) < 4.78 is 0. The van der Waals surface area contributed by atoms with E-state index in [0.717, 1.165) is 24.0 Å². The quantitative estimate of drug-likeness (QED) is 0.840. The van der Waals surface area contributed by atoms with Crippen molar-refractivity contribution >= 4 is 5.91 Å². The average molecular weight is 248 g/mol. The Kier molecular flexibility index (Phi) is 5.86. The Bertz CT molecular complexity index is 390. The van der Waals surface area contributed by atoms with Crippen LogP contribution in [0.1, 0.15) is 37.8 Å². The van der Waals surface area contributed by atoms with Crippen molar-refractivity contribution in [2.24, 2.45) is 5.73 Å². The second-order valence-electron chi connectivity index (χ2n) is 4.79. The number of carbonyl (C=O) groups excluding carboxylic acids is 1. The Balaban J connectivity index is 2.69. The molecule has 1 unspecified atom stereocenters. The molecule has 1 atom stereocenters. The predicted molar refractivity (Wildman–Crippen MR) is 75.2 cm³/mol. The highest BCUT2D eigenvalue weighted by Gasteiger charge is 2.16. The van der Waals surface area contributed by atoms with Crippen molar-refractivity contribution < 1.29 is 4.79 Å². The number of hydrogen-bond donors (Lipinski definition) is 1. The first-order valence-electron chi connectivity index (χ1n) is 6.62. The molecule has 1 amide bonds. The third kappa shape index (κ3) is 3.84. The summed E-state index contributed by atoms with van der Waals surface area (Å²) in [6, 6.07) is 8.18. The highest BCUT2D eigenvalue weighted by atomic mass is 16.2. The van der Waals surface area contributed by atoms with E-state index in [1.165, 1.54) is 0 Å². The van der Waals surface area contributed by atoms with E-state index in [1.807, 2.05) is 36.2 Å². The Morgan fingerprint density at radius 3 is 2.50 bits per heavy atom. The maximum Gasteiger partial charge on any atom is 0.226 e. The van der Waals surface area contributed by atoms with E-state index in [4.69, 9.17) is 5.73 Å². The van der Waals surface area contributed by atoms with Crippen LogP contribution in [0.5, 0.6) is 0 Å². The number of amides is 1. The summed E-state index contributed by atoms with van der Waals surface area (Å²) in [6.07, 6.45) is 2.58. The molecular weight excluding hydrogens is 224 g/mol. The summed E-state index contributed by atoms with van der Waals surface area (Å²) in [5, 5.41) is 0. The first kappa shape index (κ1) is 14.7. The Hall–Kier alpha value is -1.35. The molecule has 0 aliphatic rings. The fourth-order valence-corrected chi connectivity index (χ4v) is 2.07. The summed E-state index contributed by atoms with van der Waals surface area (Å²) >= 11 is 0. The van der Waals surface area contributed by atoms with Gasteiger partial charge < -0.3 is 10.6 Å². The molecule has 18 heavy (non-hydrogen) atoms. The van der Waals surface area contributed by atoms with Crippen LogP contribution in [-0.4, -0.2) is 23.9 Å². The predicted octanol–water partition coefficient (Wildman–Crippen LogP) is 2.33. The molecule has 0 saturated heterocycles. The fourth-order valence-electron chi connectivity index (χ4n) is 2.07. The molecule has 0 spiro atoms. The van der Waals surface area contributed by atoms with E-state index in [9.17, 15) is 4.79 Å². The highest BCUT2D eigenvalue weighted by molar-refractivity contribution is 5.79. The number of hydrogen-bond acceptors (Lipinski definition) is 2. The second-order valence-corrected chi connectivity index (χ2v) is 4.79. The lowest BCUT2D eigenvalue weighted by Gasteiger charge is -2.25. The number of nitrogens with zero attached hydrogens (tertiary/aromatic N) is 1. The van der Waals surface area contributed by atoms with Crippen molar-refractivity contribution in [2.75, 3.05) is 7.05 Å². The van der Waals surface area contributed by atoms with Gasteiger partial charge in [0, 0.05) is 19.6 Å². The van der Waals surface area contributed by atoms with E-state index in [2.05, 4.69) is 13.8 Å². The van der Waals surface area contributed by atoms with Crippen molar-refractivity contribution in [2.45, 2.75) is 45.7 Å². The largest absolute Gasteiger partial charge is 0.343 e. The van der Waals surface area contributed by atoms with Gasteiger partial charge >= 0.3 is 0 Å². The van der Waals surface area contributed by atoms with Gasteiger partial charge in [-0.3, -0.25) is 4.79 Å². The molecule has 0 bridgehead atoms. The molecule has 100 valence electrons. The van der Waals surface area contributed by atoms with Gasteiger partial charge in [0.2, 0.25) is 5.91 Å². The zero-order valence-electron chi connectivity index (χ0n) is 11.6. The minimum atomic E-state index is 0.164. The summed E-state index contributed by atoms with van der Waals surface area (Å²) in [6.45, 7) is 4.71. The van der Waals surface area contributed by atoms with Crippen LogP contribution >= 0.6 is 0 Å². The number of likely N-dealkylation sites (N-methyl/N-ethyl adjacent to an activating group) is 1. The van der Waals surface area contributed by atoms with Crippen molar-refractivity contribution in [3.8, 4) is 0 Å². The number of carbonyl (C=O) groups is 1. The van der Waals surface area contributed by atoms with Crippen LogP contribution < -0.4 is 5.73 Å². The van der Waals surface area contributed by atoms with E-state index in [0.29, 0.717) is 19.0 Å². The molecule has 0 aromatic heterocycles. The summed E-state index contributed by atoms with van der Waals surface area (Å²) in [5.41, 5.74) is 7.79. The van der Waals surface area contributed by atoms with Crippen molar-refractivity contribution in [3.63, 3.8) is 0 Å². The lowest BCUT2D eigenvalue weighted by atomic mass is 10.0. The molecule has 0 aliphatic carbocycles. The van der Waals surface area contributed by atoms with Gasteiger partial charge in [-0.15, -0.1) is 0 Å². The van der Waals surface area contributed by atoms with Crippen LogP contribution in [0.25, 0.3) is 0 Å². The molecule has 1 aromatic carbocycles. The summed E-state index contributed by atoms with van der Waals surface area (Å²) in [4.78, 5) is 14.0. The zero-order chi connectivity index (χ0) is 13.5. The Morgan fingerprint density at radius 1 is 1.33 bits per heavy atom. The number of nitrogens with two attached hydrogens (primary N) is 1. The van der Waals surface area contributed by atoms with E-state index >= 15 is 0 Å². The van der Waals surface area contributed by atoms with Crippen LogP contribution in [0, 0.1) is 0 Å². The highest BCUT2D eigenvalue weighted by Crippen LogP contribution is 2.12. The molecule has 0 fully saturated rings.